The second-order valence-corrected chi connectivity index (χ2v) is 4.33. The molecule has 0 unspecified atom stereocenters. The number of anilines is 1. The number of hydrogen-bond donors (Lipinski definition) is 0. The van der Waals surface area contributed by atoms with E-state index in [2.05, 4.69) is 4.98 Å². The van der Waals surface area contributed by atoms with Crippen molar-refractivity contribution < 1.29 is 14.5 Å². The number of hydrogen-bond acceptors (Lipinski definition) is 6. The van der Waals surface area contributed by atoms with E-state index in [-0.39, 0.29) is 22.6 Å². The van der Waals surface area contributed by atoms with E-state index >= 15 is 0 Å². The molecule has 1 aromatic heterocycles. The lowest BCUT2D eigenvalue weighted by Gasteiger charge is -2.12. The van der Waals surface area contributed by atoms with Crippen LogP contribution >= 0.6 is 11.3 Å². The highest BCUT2D eigenvalue weighted by atomic mass is 32.1. The summed E-state index contributed by atoms with van der Waals surface area (Å²) in [5.41, 5.74) is 0. The predicted octanol–water partition coefficient (Wildman–Crippen LogP) is 0.840. The van der Waals surface area contributed by atoms with Gasteiger partial charge in [0.1, 0.15) is 6.20 Å². The quantitative estimate of drug-likeness (QED) is 0.577. The van der Waals surface area contributed by atoms with Gasteiger partial charge in [-0.05, 0) is 11.3 Å². The average Bonchev–Trinajstić information content (AvgIpc) is 2.82. The first kappa shape index (κ1) is 11.5. The molecule has 0 radical (unpaired) electrons. The molecular formula is C8H8N4O4S. The van der Waals surface area contributed by atoms with E-state index < -0.39 is 11.0 Å². The molecule has 17 heavy (non-hydrogen) atoms. The van der Waals surface area contributed by atoms with Gasteiger partial charge in [0.25, 0.3) is 0 Å². The van der Waals surface area contributed by atoms with E-state index in [4.69, 9.17) is 0 Å². The average molecular weight is 256 g/mol. The van der Waals surface area contributed by atoms with E-state index in [1.54, 1.807) is 0 Å². The molecule has 0 aromatic carbocycles. The highest BCUT2D eigenvalue weighted by Crippen LogP contribution is 2.30. The van der Waals surface area contributed by atoms with Crippen molar-refractivity contribution in [2.24, 2.45) is 0 Å². The van der Waals surface area contributed by atoms with Crippen LogP contribution in [0.15, 0.2) is 6.20 Å². The minimum absolute atomic E-state index is 0.130. The van der Waals surface area contributed by atoms with Crippen molar-refractivity contribution in [3.8, 4) is 0 Å². The third kappa shape index (κ3) is 1.96. The van der Waals surface area contributed by atoms with Gasteiger partial charge in [-0.3, -0.25) is 24.7 Å². The molecule has 90 valence electrons. The summed E-state index contributed by atoms with van der Waals surface area (Å²) in [7, 11) is 0. The molecule has 0 bridgehead atoms. The standard InChI is InChI=1S/C8H8N4O4S/c1-5(13)10-2-3-11(8(10)14)7-9-4-6(17-7)12(15)16/h4H,2-3H2,1H3. The lowest BCUT2D eigenvalue weighted by atomic mass is 10.5. The van der Waals surface area contributed by atoms with Crippen LogP contribution in [-0.4, -0.2) is 39.8 Å². The second kappa shape index (κ2) is 4.09. The summed E-state index contributed by atoms with van der Waals surface area (Å²) < 4.78 is 0. The van der Waals surface area contributed by atoms with E-state index in [1.165, 1.54) is 11.8 Å². The molecule has 0 spiro atoms. The molecule has 1 aliphatic heterocycles. The number of imide groups is 1. The van der Waals surface area contributed by atoms with Crippen molar-refractivity contribution >= 4 is 33.4 Å². The van der Waals surface area contributed by atoms with Gasteiger partial charge in [0.2, 0.25) is 5.91 Å². The Morgan fingerprint density at radius 3 is 2.76 bits per heavy atom. The van der Waals surface area contributed by atoms with Crippen LogP contribution in [0.3, 0.4) is 0 Å². The Morgan fingerprint density at radius 1 is 1.59 bits per heavy atom. The molecular weight excluding hydrogens is 248 g/mol. The number of thiazole rings is 1. The molecule has 8 nitrogen and oxygen atoms in total. The fraction of sp³-hybridized carbons (Fsp3) is 0.375. The molecule has 0 N–H and O–H groups in total. The van der Waals surface area contributed by atoms with Gasteiger partial charge in [0.15, 0.2) is 5.13 Å². The number of carbonyl (C=O) groups is 2. The molecule has 0 aliphatic carbocycles. The molecule has 3 amide bonds. The van der Waals surface area contributed by atoms with Crippen LogP contribution in [0.1, 0.15) is 6.92 Å². The molecule has 0 saturated carbocycles. The van der Waals surface area contributed by atoms with Crippen molar-refractivity contribution in [1.82, 2.24) is 9.88 Å². The third-order valence-electron chi connectivity index (χ3n) is 2.28. The van der Waals surface area contributed by atoms with Crippen LogP contribution in [0.5, 0.6) is 0 Å². The normalized spacial score (nSPS) is 15.5. The smallest absolute Gasteiger partial charge is 0.275 e. The van der Waals surface area contributed by atoms with Crippen LogP contribution < -0.4 is 4.90 Å². The Bertz CT molecular complexity index is 499. The summed E-state index contributed by atoms with van der Waals surface area (Å²) in [5.74, 6) is -0.344. The van der Waals surface area contributed by atoms with Crippen molar-refractivity contribution in [2.45, 2.75) is 6.92 Å². The molecule has 1 fully saturated rings. The number of rotatable bonds is 2. The van der Waals surface area contributed by atoms with E-state index in [0.717, 1.165) is 22.4 Å². The molecule has 9 heteroatoms. The number of amides is 3. The first-order chi connectivity index (χ1) is 8.00. The number of nitrogens with zero attached hydrogens (tertiary/aromatic N) is 4. The summed E-state index contributed by atoms with van der Waals surface area (Å²) in [6.45, 7) is 1.89. The van der Waals surface area contributed by atoms with Gasteiger partial charge in [0, 0.05) is 20.0 Å². The molecule has 2 rings (SSSR count). The van der Waals surface area contributed by atoms with Crippen LogP contribution in [0, 0.1) is 10.1 Å². The van der Waals surface area contributed by atoms with E-state index in [9.17, 15) is 19.7 Å². The zero-order chi connectivity index (χ0) is 12.6. The topological polar surface area (TPSA) is 96.7 Å². The van der Waals surface area contributed by atoms with E-state index in [0.29, 0.717) is 6.54 Å². The summed E-state index contributed by atoms with van der Waals surface area (Å²) in [6, 6.07) is -0.484. The van der Waals surface area contributed by atoms with Crippen LogP contribution in [0.2, 0.25) is 0 Å². The summed E-state index contributed by atoms with van der Waals surface area (Å²) in [6.07, 6.45) is 1.10. The first-order valence-corrected chi connectivity index (χ1v) is 5.52. The van der Waals surface area contributed by atoms with E-state index in [1.807, 2.05) is 0 Å². The summed E-state index contributed by atoms with van der Waals surface area (Å²) in [5, 5.41) is 10.6. The van der Waals surface area contributed by atoms with Crippen LogP contribution in [0.25, 0.3) is 0 Å². The Labute approximate surface area is 99.6 Å². The minimum Gasteiger partial charge on any atom is -0.275 e. The second-order valence-electron chi connectivity index (χ2n) is 3.34. The largest absolute Gasteiger partial charge is 0.345 e. The summed E-state index contributed by atoms with van der Waals surface area (Å²) >= 11 is 0.813. The zero-order valence-electron chi connectivity index (χ0n) is 8.82. The first-order valence-electron chi connectivity index (χ1n) is 4.70. The SMILES string of the molecule is CC(=O)N1CCN(c2ncc([N+](=O)[O-])s2)C1=O. The Hall–Kier alpha value is -2.03. The molecule has 1 aromatic rings. The number of aromatic nitrogens is 1. The maximum absolute atomic E-state index is 11.8. The Kier molecular flexibility index (Phi) is 2.76. The van der Waals surface area contributed by atoms with Gasteiger partial charge in [-0.2, -0.15) is 0 Å². The highest BCUT2D eigenvalue weighted by Gasteiger charge is 2.34. The summed E-state index contributed by atoms with van der Waals surface area (Å²) in [4.78, 5) is 38.9. The third-order valence-corrected chi connectivity index (χ3v) is 3.25. The van der Waals surface area contributed by atoms with Gasteiger partial charge in [-0.15, -0.1) is 0 Å². The fourth-order valence-corrected chi connectivity index (χ4v) is 2.22. The molecule has 1 saturated heterocycles. The fourth-order valence-electron chi connectivity index (χ4n) is 1.47. The molecule has 0 atom stereocenters. The van der Waals surface area contributed by atoms with Crippen LogP contribution in [-0.2, 0) is 4.79 Å². The monoisotopic (exact) mass is 256 g/mol. The van der Waals surface area contributed by atoms with Crippen molar-refractivity contribution in [2.75, 3.05) is 18.0 Å². The maximum Gasteiger partial charge on any atom is 0.345 e. The number of carbonyl (C=O) groups excluding carboxylic acids is 2. The maximum atomic E-state index is 11.8. The zero-order valence-corrected chi connectivity index (χ0v) is 9.64. The lowest BCUT2D eigenvalue weighted by molar-refractivity contribution is -0.380. The predicted molar refractivity (Wildman–Crippen MR) is 58.9 cm³/mol. The lowest BCUT2D eigenvalue weighted by Crippen LogP contribution is -2.34. The van der Waals surface area contributed by atoms with Gasteiger partial charge in [-0.25, -0.2) is 9.78 Å². The van der Waals surface area contributed by atoms with Gasteiger partial charge < -0.3 is 0 Å². The van der Waals surface area contributed by atoms with Crippen LogP contribution in [0.4, 0.5) is 14.9 Å². The molecule has 2 heterocycles. The Morgan fingerprint density at radius 2 is 2.29 bits per heavy atom. The molecule has 1 aliphatic rings. The number of nitro groups is 1. The highest BCUT2D eigenvalue weighted by molar-refractivity contribution is 7.18. The van der Waals surface area contributed by atoms with Gasteiger partial charge in [0.05, 0.1) is 4.92 Å². The van der Waals surface area contributed by atoms with Crippen molar-refractivity contribution in [3.05, 3.63) is 16.3 Å². The number of urea groups is 1. The van der Waals surface area contributed by atoms with Crippen molar-refractivity contribution in [1.29, 1.82) is 0 Å². The van der Waals surface area contributed by atoms with Crippen molar-refractivity contribution in [3.63, 3.8) is 0 Å². The van der Waals surface area contributed by atoms with Gasteiger partial charge >= 0.3 is 11.0 Å². The van der Waals surface area contributed by atoms with Gasteiger partial charge in [-0.1, -0.05) is 0 Å². The Balaban J connectivity index is 2.21. The minimum atomic E-state index is -0.565.